The van der Waals surface area contributed by atoms with Crippen molar-refractivity contribution in [3.05, 3.63) is 35.4 Å². The molecule has 0 aliphatic heterocycles. The van der Waals surface area contributed by atoms with Crippen molar-refractivity contribution in [1.29, 1.82) is 0 Å². The van der Waals surface area contributed by atoms with E-state index in [1.165, 1.54) is 31.2 Å². The molecule has 2 fully saturated rings. The zero-order valence-electron chi connectivity index (χ0n) is 13.3. The Labute approximate surface area is 128 Å². The van der Waals surface area contributed by atoms with Crippen molar-refractivity contribution in [2.75, 3.05) is 7.11 Å². The normalized spacial score (nSPS) is 31.7. The van der Waals surface area contributed by atoms with Crippen LogP contribution < -0.4 is 0 Å². The smallest absolute Gasteiger partial charge is 0.108 e. The molecule has 1 aromatic rings. The summed E-state index contributed by atoms with van der Waals surface area (Å²) in [5, 5.41) is 10.9. The third-order valence-electron chi connectivity index (χ3n) is 5.72. The van der Waals surface area contributed by atoms with E-state index in [2.05, 4.69) is 31.2 Å². The van der Waals surface area contributed by atoms with E-state index in [1.54, 1.807) is 7.11 Å². The number of rotatable bonds is 4. The van der Waals surface area contributed by atoms with Gasteiger partial charge in [-0.05, 0) is 48.6 Å². The highest BCUT2D eigenvalue weighted by Crippen LogP contribution is 2.44. The molecule has 116 valence electrons. The molecule has 21 heavy (non-hydrogen) atoms. The van der Waals surface area contributed by atoms with Gasteiger partial charge in [0.25, 0.3) is 0 Å². The number of hydrogen-bond donors (Lipinski definition) is 1. The van der Waals surface area contributed by atoms with Crippen LogP contribution in [-0.2, 0) is 4.74 Å². The summed E-state index contributed by atoms with van der Waals surface area (Å²) >= 11 is 0. The Morgan fingerprint density at radius 1 is 1.14 bits per heavy atom. The van der Waals surface area contributed by atoms with E-state index in [-0.39, 0.29) is 0 Å². The second-order valence-electron chi connectivity index (χ2n) is 7.17. The lowest BCUT2D eigenvalue weighted by Gasteiger charge is -2.42. The van der Waals surface area contributed by atoms with Crippen LogP contribution in [0.25, 0.3) is 0 Å². The minimum absolute atomic E-state index is 0.393. The first-order valence-corrected chi connectivity index (χ1v) is 8.48. The fourth-order valence-corrected chi connectivity index (χ4v) is 4.08. The zero-order chi connectivity index (χ0) is 14.9. The van der Waals surface area contributed by atoms with Crippen molar-refractivity contribution in [2.45, 2.75) is 69.5 Å². The number of hydrogen-bond acceptors (Lipinski definition) is 2. The van der Waals surface area contributed by atoms with Crippen molar-refractivity contribution in [1.82, 2.24) is 0 Å². The van der Waals surface area contributed by atoms with E-state index in [9.17, 15) is 5.11 Å². The van der Waals surface area contributed by atoms with Gasteiger partial charge in [0, 0.05) is 7.11 Å². The molecule has 0 spiro atoms. The van der Waals surface area contributed by atoms with Crippen LogP contribution in [0.1, 0.15) is 75.0 Å². The quantitative estimate of drug-likeness (QED) is 0.878. The highest BCUT2D eigenvalue weighted by molar-refractivity contribution is 5.29. The highest BCUT2D eigenvalue weighted by atomic mass is 16.5. The number of methoxy groups -OCH3 is 1. The number of aliphatic hydroxyl groups is 1. The Morgan fingerprint density at radius 2 is 1.86 bits per heavy atom. The summed E-state index contributed by atoms with van der Waals surface area (Å²) < 4.78 is 5.83. The Kier molecular flexibility index (Phi) is 4.37. The standard InChI is InChI=1S/C19H28O2/c1-14-5-4-12-19(13-14,21-2)18(20)17-10-8-16(9-11-17)15-6-3-7-15/h8-11,14-15,18,20H,3-7,12-13H2,1-2H3. The largest absolute Gasteiger partial charge is 0.385 e. The molecule has 0 radical (unpaired) electrons. The van der Waals surface area contributed by atoms with Crippen molar-refractivity contribution in [3.63, 3.8) is 0 Å². The van der Waals surface area contributed by atoms with Gasteiger partial charge in [0.05, 0.1) is 5.60 Å². The van der Waals surface area contributed by atoms with Crippen LogP contribution in [0.4, 0.5) is 0 Å². The maximum atomic E-state index is 10.9. The second-order valence-corrected chi connectivity index (χ2v) is 7.17. The van der Waals surface area contributed by atoms with Gasteiger partial charge in [0.2, 0.25) is 0 Å². The summed E-state index contributed by atoms with van der Waals surface area (Å²) in [6.45, 7) is 2.26. The van der Waals surface area contributed by atoms with Crippen LogP contribution in [0.3, 0.4) is 0 Å². The Hall–Kier alpha value is -0.860. The average molecular weight is 288 g/mol. The molecule has 2 saturated carbocycles. The van der Waals surface area contributed by atoms with E-state index in [0.717, 1.165) is 30.7 Å². The first-order valence-electron chi connectivity index (χ1n) is 8.48. The maximum absolute atomic E-state index is 10.9. The molecule has 0 aromatic heterocycles. The molecule has 1 aromatic carbocycles. The van der Waals surface area contributed by atoms with Gasteiger partial charge in [-0.3, -0.25) is 0 Å². The Bertz CT molecular complexity index is 463. The van der Waals surface area contributed by atoms with Crippen LogP contribution >= 0.6 is 0 Å². The van der Waals surface area contributed by atoms with Crippen molar-refractivity contribution in [3.8, 4) is 0 Å². The molecular weight excluding hydrogens is 260 g/mol. The minimum Gasteiger partial charge on any atom is -0.385 e. The first-order chi connectivity index (χ1) is 10.1. The van der Waals surface area contributed by atoms with Gasteiger partial charge < -0.3 is 9.84 Å². The maximum Gasteiger partial charge on any atom is 0.108 e. The summed E-state index contributed by atoms with van der Waals surface area (Å²) in [5.41, 5.74) is 2.05. The molecular formula is C19H28O2. The van der Waals surface area contributed by atoms with Crippen molar-refractivity contribution in [2.24, 2.45) is 5.92 Å². The predicted octanol–water partition coefficient (Wildman–Crippen LogP) is 4.58. The third-order valence-corrected chi connectivity index (χ3v) is 5.72. The molecule has 2 aliphatic carbocycles. The van der Waals surface area contributed by atoms with E-state index >= 15 is 0 Å². The number of ether oxygens (including phenoxy) is 1. The monoisotopic (exact) mass is 288 g/mol. The molecule has 3 unspecified atom stereocenters. The lowest BCUT2D eigenvalue weighted by molar-refractivity contribution is -0.134. The van der Waals surface area contributed by atoms with Crippen molar-refractivity contribution >= 4 is 0 Å². The molecule has 2 aliphatic rings. The molecule has 0 bridgehead atoms. The summed E-state index contributed by atoms with van der Waals surface area (Å²) in [4.78, 5) is 0. The molecule has 3 rings (SSSR count). The van der Waals surface area contributed by atoms with Gasteiger partial charge in [0.1, 0.15) is 6.10 Å². The molecule has 0 amide bonds. The second kappa shape index (κ2) is 6.10. The lowest BCUT2D eigenvalue weighted by atomic mass is 9.73. The van der Waals surface area contributed by atoms with Gasteiger partial charge in [0.15, 0.2) is 0 Å². The molecule has 2 nitrogen and oxygen atoms in total. The molecule has 1 N–H and O–H groups in total. The Morgan fingerprint density at radius 3 is 2.38 bits per heavy atom. The van der Waals surface area contributed by atoms with E-state index in [1.807, 2.05) is 0 Å². The van der Waals surface area contributed by atoms with Crippen LogP contribution in [-0.4, -0.2) is 17.8 Å². The SMILES string of the molecule is COC1(C(O)c2ccc(C3CCC3)cc2)CCCC(C)C1. The van der Waals surface area contributed by atoms with Crippen LogP contribution in [0.15, 0.2) is 24.3 Å². The van der Waals surface area contributed by atoms with Crippen LogP contribution in [0.2, 0.25) is 0 Å². The number of aliphatic hydroxyl groups excluding tert-OH is 1. The third kappa shape index (κ3) is 2.89. The van der Waals surface area contributed by atoms with Gasteiger partial charge in [-0.15, -0.1) is 0 Å². The molecule has 2 heteroatoms. The van der Waals surface area contributed by atoms with E-state index < -0.39 is 11.7 Å². The fraction of sp³-hybridized carbons (Fsp3) is 0.684. The highest BCUT2D eigenvalue weighted by Gasteiger charge is 2.42. The van der Waals surface area contributed by atoms with Crippen molar-refractivity contribution < 1.29 is 9.84 Å². The van der Waals surface area contributed by atoms with E-state index in [4.69, 9.17) is 4.74 Å². The van der Waals surface area contributed by atoms with Gasteiger partial charge in [-0.25, -0.2) is 0 Å². The van der Waals surface area contributed by atoms with Crippen LogP contribution in [0, 0.1) is 5.92 Å². The molecule has 0 saturated heterocycles. The Balaban J connectivity index is 1.77. The molecule has 3 atom stereocenters. The lowest BCUT2D eigenvalue weighted by Crippen LogP contribution is -2.42. The average Bonchev–Trinajstić information content (AvgIpc) is 2.45. The first kappa shape index (κ1) is 15.1. The minimum atomic E-state index is -0.513. The summed E-state index contributed by atoms with van der Waals surface area (Å²) in [7, 11) is 1.75. The summed E-state index contributed by atoms with van der Waals surface area (Å²) in [6.07, 6.45) is 7.79. The fourth-order valence-electron chi connectivity index (χ4n) is 4.08. The summed E-state index contributed by atoms with van der Waals surface area (Å²) in [5.74, 6) is 1.38. The number of benzene rings is 1. The van der Waals surface area contributed by atoms with Crippen LogP contribution in [0.5, 0.6) is 0 Å². The molecule has 0 heterocycles. The zero-order valence-corrected chi connectivity index (χ0v) is 13.3. The van der Waals surface area contributed by atoms with Gasteiger partial charge in [-0.1, -0.05) is 50.5 Å². The topological polar surface area (TPSA) is 29.5 Å². The van der Waals surface area contributed by atoms with Gasteiger partial charge >= 0.3 is 0 Å². The van der Waals surface area contributed by atoms with Gasteiger partial charge in [-0.2, -0.15) is 0 Å². The summed E-state index contributed by atoms with van der Waals surface area (Å²) in [6, 6.07) is 8.63. The predicted molar refractivity (Wildman–Crippen MR) is 85.4 cm³/mol. The van der Waals surface area contributed by atoms with E-state index in [0.29, 0.717) is 5.92 Å².